The number of amides is 1. The number of benzene rings is 1. The smallest absolute Gasteiger partial charge is 0.296 e. The molecular formula is C14H14N4O4S. The van der Waals surface area contributed by atoms with E-state index in [2.05, 4.69) is 10.3 Å². The number of rotatable bonds is 5. The van der Waals surface area contributed by atoms with Crippen molar-refractivity contribution in [2.24, 2.45) is 0 Å². The molecule has 120 valence electrons. The molecule has 0 fully saturated rings. The number of hydrogen-bond acceptors (Lipinski definition) is 7. The number of nitrogens with zero attached hydrogens (tertiary/aromatic N) is 3. The van der Waals surface area contributed by atoms with Crippen LogP contribution in [0.25, 0.3) is 0 Å². The Hall–Kier alpha value is -2.68. The van der Waals surface area contributed by atoms with Gasteiger partial charge in [0.25, 0.3) is 11.6 Å². The molecule has 23 heavy (non-hydrogen) atoms. The molecule has 0 saturated carbocycles. The molecule has 9 heteroatoms. The quantitative estimate of drug-likeness (QED) is 0.664. The fourth-order valence-corrected chi connectivity index (χ4v) is 2.93. The number of fused-ring (bicyclic) bond motifs is 1. The Bertz CT molecular complexity index is 747. The fraction of sp³-hybridized carbons (Fsp3) is 0.286. The van der Waals surface area contributed by atoms with Crippen LogP contribution < -0.4 is 15.0 Å². The van der Waals surface area contributed by atoms with Crippen molar-refractivity contribution < 1.29 is 14.5 Å². The van der Waals surface area contributed by atoms with Gasteiger partial charge in [0.2, 0.25) is 0 Å². The minimum Gasteiger partial charge on any atom is -0.481 e. The van der Waals surface area contributed by atoms with Gasteiger partial charge in [-0.25, -0.2) is 4.98 Å². The van der Waals surface area contributed by atoms with Crippen LogP contribution in [0, 0.1) is 10.1 Å². The van der Waals surface area contributed by atoms with Gasteiger partial charge in [-0.3, -0.25) is 14.9 Å². The Morgan fingerprint density at radius 3 is 3.04 bits per heavy atom. The number of anilines is 2. The normalized spacial score (nSPS) is 13.0. The highest BCUT2D eigenvalue weighted by Crippen LogP contribution is 2.39. The van der Waals surface area contributed by atoms with Gasteiger partial charge < -0.3 is 15.0 Å². The molecule has 0 atom stereocenters. The lowest BCUT2D eigenvalue weighted by Crippen LogP contribution is -2.27. The Kier molecular flexibility index (Phi) is 4.11. The summed E-state index contributed by atoms with van der Waals surface area (Å²) in [5.74, 6) is 0.0381. The summed E-state index contributed by atoms with van der Waals surface area (Å²) >= 11 is 1.55. The number of nitro benzene ring substituents is 1. The number of nitro groups is 1. The summed E-state index contributed by atoms with van der Waals surface area (Å²) in [6.07, 6.45) is 2.42. The van der Waals surface area contributed by atoms with Crippen molar-refractivity contribution in [1.82, 2.24) is 4.98 Å². The molecule has 1 N–H and O–H groups in total. The number of likely N-dealkylation sites (N-methyl/N-ethyl adjacent to an activating group) is 1. The second-order valence-electron chi connectivity index (χ2n) is 5.03. The van der Waals surface area contributed by atoms with E-state index in [1.807, 2.05) is 5.38 Å². The van der Waals surface area contributed by atoms with Crippen LogP contribution in [-0.4, -0.2) is 36.0 Å². The zero-order valence-electron chi connectivity index (χ0n) is 12.3. The second-order valence-corrected chi connectivity index (χ2v) is 6.01. The molecule has 8 nitrogen and oxygen atoms in total. The van der Waals surface area contributed by atoms with Crippen LogP contribution in [0.1, 0.15) is 5.01 Å². The van der Waals surface area contributed by atoms with E-state index in [1.165, 1.54) is 6.07 Å². The minimum atomic E-state index is -0.449. The van der Waals surface area contributed by atoms with E-state index < -0.39 is 4.92 Å². The summed E-state index contributed by atoms with van der Waals surface area (Å²) in [4.78, 5) is 28.3. The van der Waals surface area contributed by atoms with Gasteiger partial charge in [-0.1, -0.05) is 0 Å². The van der Waals surface area contributed by atoms with Gasteiger partial charge in [-0.05, 0) is 6.07 Å². The average Bonchev–Trinajstić information content (AvgIpc) is 3.04. The van der Waals surface area contributed by atoms with E-state index in [1.54, 1.807) is 35.5 Å². The molecule has 3 rings (SSSR count). The second kappa shape index (κ2) is 6.21. The van der Waals surface area contributed by atoms with Crippen LogP contribution in [0.5, 0.6) is 5.75 Å². The molecule has 1 amide bonds. The number of nitrogens with one attached hydrogen (secondary N) is 1. The first-order chi connectivity index (χ1) is 11.0. The largest absolute Gasteiger partial charge is 0.481 e. The summed E-state index contributed by atoms with van der Waals surface area (Å²) in [6, 6.07) is 2.93. The van der Waals surface area contributed by atoms with Crippen molar-refractivity contribution >= 4 is 34.3 Å². The topological polar surface area (TPSA) is 97.6 Å². The molecule has 1 aliphatic heterocycles. The molecule has 0 saturated heterocycles. The highest BCUT2D eigenvalue weighted by molar-refractivity contribution is 7.09. The predicted molar refractivity (Wildman–Crippen MR) is 86.3 cm³/mol. The average molecular weight is 334 g/mol. The first-order valence-electron chi connectivity index (χ1n) is 6.89. The third-order valence-corrected chi connectivity index (χ3v) is 4.30. The lowest BCUT2D eigenvalue weighted by molar-refractivity contribution is -0.384. The van der Waals surface area contributed by atoms with Crippen LogP contribution in [-0.2, 0) is 11.2 Å². The maximum absolute atomic E-state index is 11.4. The van der Waals surface area contributed by atoms with Crippen molar-refractivity contribution in [3.8, 4) is 5.75 Å². The van der Waals surface area contributed by atoms with E-state index in [9.17, 15) is 14.9 Å². The summed E-state index contributed by atoms with van der Waals surface area (Å²) < 4.78 is 5.24. The fourth-order valence-electron chi connectivity index (χ4n) is 2.32. The van der Waals surface area contributed by atoms with Gasteiger partial charge in [0, 0.05) is 31.6 Å². The molecule has 1 aromatic carbocycles. The van der Waals surface area contributed by atoms with E-state index in [0.717, 1.165) is 5.01 Å². The van der Waals surface area contributed by atoms with Crippen molar-refractivity contribution in [1.29, 1.82) is 0 Å². The molecule has 0 spiro atoms. The molecule has 0 bridgehead atoms. The van der Waals surface area contributed by atoms with Crippen LogP contribution in [0.15, 0.2) is 23.7 Å². The third kappa shape index (κ3) is 3.24. The van der Waals surface area contributed by atoms with Crippen molar-refractivity contribution in [2.45, 2.75) is 6.42 Å². The first kappa shape index (κ1) is 15.2. The summed E-state index contributed by atoms with van der Waals surface area (Å²) in [5, 5.41) is 16.9. The standard InChI is InChI=1S/C14H14N4O4S/c1-17(4-2-14-15-3-5-23-14)10-6-9-12(7-11(10)18(20)21)22-8-13(19)16-9/h3,5-7H,2,4,8H2,1H3,(H,16,19). The maximum atomic E-state index is 11.4. The molecule has 2 heterocycles. The number of ether oxygens (including phenoxy) is 1. The van der Waals surface area contributed by atoms with Gasteiger partial charge in [0.1, 0.15) is 5.69 Å². The maximum Gasteiger partial charge on any atom is 0.296 e. The van der Waals surface area contributed by atoms with Gasteiger partial charge in [-0.2, -0.15) is 0 Å². The first-order valence-corrected chi connectivity index (χ1v) is 7.77. The van der Waals surface area contributed by atoms with Gasteiger partial charge in [-0.15, -0.1) is 11.3 Å². The molecule has 1 aliphatic rings. The van der Waals surface area contributed by atoms with E-state index in [-0.39, 0.29) is 18.2 Å². The molecule has 2 aromatic rings. The molecule has 0 radical (unpaired) electrons. The van der Waals surface area contributed by atoms with E-state index >= 15 is 0 Å². The van der Waals surface area contributed by atoms with Crippen molar-refractivity contribution in [3.05, 3.63) is 38.8 Å². The Balaban J connectivity index is 1.88. The van der Waals surface area contributed by atoms with Crippen molar-refractivity contribution in [3.63, 3.8) is 0 Å². The minimum absolute atomic E-state index is 0.0541. The monoisotopic (exact) mass is 334 g/mol. The third-order valence-electron chi connectivity index (χ3n) is 3.46. The van der Waals surface area contributed by atoms with Gasteiger partial charge in [0.05, 0.1) is 21.7 Å². The van der Waals surface area contributed by atoms with Crippen LogP contribution in [0.3, 0.4) is 0 Å². The van der Waals surface area contributed by atoms with E-state index in [4.69, 9.17) is 4.74 Å². The van der Waals surface area contributed by atoms with Crippen molar-refractivity contribution in [2.75, 3.05) is 30.4 Å². The predicted octanol–water partition coefficient (Wildman–Crippen LogP) is 2.06. The van der Waals surface area contributed by atoms with Crippen LogP contribution in [0.4, 0.5) is 17.1 Å². The van der Waals surface area contributed by atoms with Crippen LogP contribution in [0.2, 0.25) is 0 Å². The van der Waals surface area contributed by atoms with Crippen LogP contribution >= 0.6 is 11.3 Å². The number of carbonyl (C=O) groups is 1. The number of thiazole rings is 1. The molecule has 0 aliphatic carbocycles. The SMILES string of the molecule is CN(CCc1nccs1)c1cc2c(cc1[N+](=O)[O-])OCC(=O)N2. The summed E-state index contributed by atoms with van der Waals surface area (Å²) in [6.45, 7) is 0.436. The Morgan fingerprint density at radius 2 is 2.35 bits per heavy atom. The summed E-state index contributed by atoms with van der Waals surface area (Å²) in [5.41, 5.74) is 0.820. The summed E-state index contributed by atoms with van der Waals surface area (Å²) in [7, 11) is 1.77. The lowest BCUT2D eigenvalue weighted by Gasteiger charge is -2.23. The Labute approximate surface area is 135 Å². The highest BCUT2D eigenvalue weighted by Gasteiger charge is 2.25. The Morgan fingerprint density at radius 1 is 1.52 bits per heavy atom. The zero-order chi connectivity index (χ0) is 16.4. The zero-order valence-corrected chi connectivity index (χ0v) is 13.1. The number of aromatic nitrogens is 1. The lowest BCUT2D eigenvalue weighted by atomic mass is 10.2. The number of hydrogen-bond donors (Lipinski definition) is 1. The van der Waals surface area contributed by atoms with Gasteiger partial charge >= 0.3 is 0 Å². The molecular weight excluding hydrogens is 320 g/mol. The van der Waals surface area contributed by atoms with Gasteiger partial charge in [0.15, 0.2) is 12.4 Å². The highest BCUT2D eigenvalue weighted by atomic mass is 32.1. The molecule has 1 aromatic heterocycles. The molecule has 0 unspecified atom stereocenters. The number of carbonyl (C=O) groups excluding carboxylic acids is 1. The van der Waals surface area contributed by atoms with E-state index in [0.29, 0.717) is 30.1 Å².